The van der Waals surface area contributed by atoms with Crippen LogP contribution in [0.1, 0.15) is 27.9 Å². The van der Waals surface area contributed by atoms with Crippen LogP contribution in [0.2, 0.25) is 5.02 Å². The Hall–Kier alpha value is -2.33. The Morgan fingerprint density at radius 2 is 2.00 bits per heavy atom. The molecule has 2 N–H and O–H groups in total. The number of rotatable bonds is 2. The lowest BCUT2D eigenvalue weighted by Crippen LogP contribution is -2.20. The van der Waals surface area contributed by atoms with Crippen molar-refractivity contribution >= 4 is 34.8 Å². The lowest BCUT2D eigenvalue weighted by Gasteiger charge is -2.17. The molecule has 3 rings (SSSR count). The Kier molecular flexibility index (Phi) is 3.86. The summed E-state index contributed by atoms with van der Waals surface area (Å²) in [7, 11) is 0. The first-order chi connectivity index (χ1) is 10.5. The average Bonchev–Trinajstić information content (AvgIpc) is 2.49. The van der Waals surface area contributed by atoms with E-state index in [2.05, 4.69) is 10.6 Å². The maximum absolute atomic E-state index is 12.3. The minimum Gasteiger partial charge on any atom is -0.326 e. The molecule has 5 heteroatoms. The normalized spacial score (nSPS) is 13.3. The Balaban J connectivity index is 1.82. The van der Waals surface area contributed by atoms with Gasteiger partial charge in [-0.15, -0.1) is 0 Å². The fraction of sp³-hybridized carbons (Fsp3) is 0.176. The van der Waals surface area contributed by atoms with Gasteiger partial charge in [0, 0.05) is 17.7 Å². The Bertz CT molecular complexity index is 771. The smallest absolute Gasteiger partial charge is 0.255 e. The molecule has 0 spiro atoms. The molecule has 0 saturated carbocycles. The van der Waals surface area contributed by atoms with E-state index in [1.165, 1.54) is 0 Å². The highest BCUT2D eigenvalue weighted by Crippen LogP contribution is 2.26. The number of hydrogen-bond donors (Lipinski definition) is 2. The van der Waals surface area contributed by atoms with E-state index >= 15 is 0 Å². The second-order valence-electron chi connectivity index (χ2n) is 5.36. The first kappa shape index (κ1) is 14.6. The average molecular weight is 315 g/mol. The summed E-state index contributed by atoms with van der Waals surface area (Å²) < 4.78 is 0. The van der Waals surface area contributed by atoms with Crippen LogP contribution < -0.4 is 10.6 Å². The third kappa shape index (κ3) is 2.97. The quantitative estimate of drug-likeness (QED) is 0.886. The molecule has 4 nitrogen and oxygen atoms in total. The monoisotopic (exact) mass is 314 g/mol. The summed E-state index contributed by atoms with van der Waals surface area (Å²) in [6.45, 7) is 1.94. The van der Waals surface area contributed by atoms with E-state index in [0.717, 1.165) is 16.8 Å². The Morgan fingerprint density at radius 1 is 1.18 bits per heavy atom. The number of anilines is 2. The molecule has 1 heterocycles. The molecule has 0 atom stereocenters. The number of halogens is 1. The molecule has 112 valence electrons. The van der Waals surface area contributed by atoms with Crippen LogP contribution >= 0.6 is 11.6 Å². The molecule has 0 aliphatic carbocycles. The molecule has 2 aromatic rings. The molecule has 0 bridgehead atoms. The minimum absolute atomic E-state index is 0.0103. The van der Waals surface area contributed by atoms with Crippen LogP contribution in [-0.4, -0.2) is 11.8 Å². The maximum Gasteiger partial charge on any atom is 0.255 e. The first-order valence-electron chi connectivity index (χ1n) is 7.03. The molecule has 1 aliphatic rings. The van der Waals surface area contributed by atoms with Gasteiger partial charge in [0.25, 0.3) is 5.91 Å². The van der Waals surface area contributed by atoms with Gasteiger partial charge in [-0.05, 0) is 54.8 Å². The Morgan fingerprint density at radius 3 is 2.77 bits per heavy atom. The fourth-order valence-corrected chi connectivity index (χ4v) is 2.72. The van der Waals surface area contributed by atoms with Crippen LogP contribution in [-0.2, 0) is 11.2 Å². The van der Waals surface area contributed by atoms with Gasteiger partial charge in [0.2, 0.25) is 5.91 Å². The first-order valence-corrected chi connectivity index (χ1v) is 7.41. The van der Waals surface area contributed by atoms with Crippen LogP contribution in [0.4, 0.5) is 11.4 Å². The Labute approximate surface area is 133 Å². The van der Waals surface area contributed by atoms with Gasteiger partial charge in [-0.1, -0.05) is 17.7 Å². The number of nitrogens with one attached hydrogen (secondary N) is 2. The van der Waals surface area contributed by atoms with Crippen LogP contribution in [0.3, 0.4) is 0 Å². The van der Waals surface area contributed by atoms with Crippen molar-refractivity contribution < 1.29 is 9.59 Å². The third-order valence-corrected chi connectivity index (χ3v) is 3.95. The summed E-state index contributed by atoms with van der Waals surface area (Å²) in [5, 5.41) is 6.12. The largest absolute Gasteiger partial charge is 0.326 e. The predicted molar refractivity (Wildman–Crippen MR) is 87.5 cm³/mol. The van der Waals surface area contributed by atoms with Gasteiger partial charge in [-0.25, -0.2) is 0 Å². The van der Waals surface area contributed by atoms with Crippen LogP contribution in [0.5, 0.6) is 0 Å². The summed E-state index contributed by atoms with van der Waals surface area (Å²) in [4.78, 5) is 23.7. The van der Waals surface area contributed by atoms with Gasteiger partial charge in [0.1, 0.15) is 0 Å². The van der Waals surface area contributed by atoms with E-state index in [4.69, 9.17) is 11.6 Å². The van der Waals surface area contributed by atoms with E-state index in [0.29, 0.717) is 29.1 Å². The van der Waals surface area contributed by atoms with E-state index in [1.807, 2.05) is 19.1 Å². The fourth-order valence-electron chi connectivity index (χ4n) is 2.44. The summed E-state index contributed by atoms with van der Waals surface area (Å²) >= 11 is 6.13. The van der Waals surface area contributed by atoms with Gasteiger partial charge < -0.3 is 10.6 Å². The zero-order chi connectivity index (χ0) is 15.7. The number of carbonyl (C=O) groups excluding carboxylic acids is 2. The van der Waals surface area contributed by atoms with Gasteiger partial charge in [0.05, 0.1) is 10.7 Å². The second-order valence-corrected chi connectivity index (χ2v) is 5.76. The van der Waals surface area contributed by atoms with Crippen molar-refractivity contribution in [1.29, 1.82) is 0 Å². The lowest BCUT2D eigenvalue weighted by atomic mass is 10.00. The zero-order valence-electron chi connectivity index (χ0n) is 12.1. The second kappa shape index (κ2) is 5.81. The molecular weight excluding hydrogens is 300 g/mol. The highest BCUT2D eigenvalue weighted by molar-refractivity contribution is 6.34. The lowest BCUT2D eigenvalue weighted by molar-refractivity contribution is -0.116. The number of carbonyl (C=O) groups is 2. The van der Waals surface area contributed by atoms with Gasteiger partial charge in [0.15, 0.2) is 0 Å². The predicted octanol–water partition coefficient (Wildman–Crippen LogP) is 3.79. The maximum atomic E-state index is 12.3. The van der Waals surface area contributed by atoms with Crippen molar-refractivity contribution in [3.05, 3.63) is 58.1 Å². The minimum atomic E-state index is -0.217. The number of hydrogen-bond acceptors (Lipinski definition) is 2. The molecule has 1 aliphatic heterocycles. The topological polar surface area (TPSA) is 58.2 Å². The summed E-state index contributed by atoms with van der Waals surface area (Å²) in [6, 6.07) is 10.8. The molecule has 0 fully saturated rings. The summed E-state index contributed by atoms with van der Waals surface area (Å²) in [5.41, 5.74) is 3.92. The number of benzene rings is 2. The van der Waals surface area contributed by atoms with Crippen LogP contribution in [0.25, 0.3) is 0 Å². The highest BCUT2D eigenvalue weighted by atomic mass is 35.5. The molecule has 0 radical (unpaired) electrons. The molecule has 0 unspecified atom stereocenters. The molecule has 2 aromatic carbocycles. The molecule has 0 saturated heterocycles. The van der Waals surface area contributed by atoms with Gasteiger partial charge >= 0.3 is 0 Å². The van der Waals surface area contributed by atoms with Gasteiger partial charge in [-0.2, -0.15) is 0 Å². The van der Waals surface area contributed by atoms with Crippen molar-refractivity contribution in [1.82, 2.24) is 0 Å². The highest BCUT2D eigenvalue weighted by Gasteiger charge is 2.17. The zero-order valence-corrected chi connectivity index (χ0v) is 12.8. The van der Waals surface area contributed by atoms with E-state index < -0.39 is 0 Å². The van der Waals surface area contributed by atoms with Crippen molar-refractivity contribution in [3.63, 3.8) is 0 Å². The van der Waals surface area contributed by atoms with Crippen LogP contribution in [0, 0.1) is 6.92 Å². The van der Waals surface area contributed by atoms with E-state index in [1.54, 1.807) is 24.3 Å². The van der Waals surface area contributed by atoms with Crippen molar-refractivity contribution in [3.8, 4) is 0 Å². The van der Waals surface area contributed by atoms with Crippen molar-refractivity contribution in [2.45, 2.75) is 19.8 Å². The molecule has 0 aromatic heterocycles. The van der Waals surface area contributed by atoms with E-state index in [-0.39, 0.29) is 11.8 Å². The van der Waals surface area contributed by atoms with Crippen molar-refractivity contribution in [2.75, 3.05) is 10.6 Å². The summed E-state index contributed by atoms with van der Waals surface area (Å²) in [6.07, 6.45) is 1.09. The molecule has 2 amide bonds. The van der Waals surface area contributed by atoms with E-state index in [9.17, 15) is 9.59 Å². The summed E-state index contributed by atoms with van der Waals surface area (Å²) in [5.74, 6) is -0.207. The number of aryl methyl sites for hydroxylation is 2. The standard InChI is InChI=1S/C17H15ClN2O2/c1-10-2-5-15(13(18)8-10)20-17(22)12-3-6-14-11(9-12)4-7-16(21)19-14/h2-3,5-6,8-9H,4,7H2,1H3,(H,19,21)(H,20,22). The molecule has 22 heavy (non-hydrogen) atoms. The number of amides is 2. The SMILES string of the molecule is Cc1ccc(NC(=O)c2ccc3c(c2)CCC(=O)N3)c(Cl)c1. The van der Waals surface area contributed by atoms with Crippen LogP contribution in [0.15, 0.2) is 36.4 Å². The van der Waals surface area contributed by atoms with Crippen molar-refractivity contribution in [2.24, 2.45) is 0 Å². The third-order valence-electron chi connectivity index (χ3n) is 3.64. The number of fused-ring (bicyclic) bond motifs is 1. The van der Waals surface area contributed by atoms with Gasteiger partial charge in [-0.3, -0.25) is 9.59 Å². The molecular formula is C17H15ClN2O2.